The van der Waals surface area contributed by atoms with Crippen LogP contribution >= 0.6 is 11.3 Å². The summed E-state index contributed by atoms with van der Waals surface area (Å²) in [7, 11) is 0. The summed E-state index contributed by atoms with van der Waals surface area (Å²) in [4.78, 5) is 23.5. The molecule has 7 heteroatoms. The molecule has 9 rings (SSSR count). The molecule has 188 valence electrons. The summed E-state index contributed by atoms with van der Waals surface area (Å²) in [6.45, 7) is 0. The Bertz CT molecular complexity index is 2520. The number of aromatic nitrogens is 5. The molecule has 0 aliphatic rings. The number of benzene rings is 5. The van der Waals surface area contributed by atoms with Crippen LogP contribution in [0.3, 0.4) is 0 Å². The van der Waals surface area contributed by atoms with Crippen LogP contribution in [-0.4, -0.2) is 23.5 Å². The standard InChI is InChI=1S/C33H19N5OS/c39-32-34-31(35-33-38(32)27-16-8-9-17-30(27)40-33)37-26-15-7-5-13-22(26)24-18-28-23(19-29(24)37)21-12-4-6-14-25(21)36(28)20-10-2-1-3-11-20/h1-19H. The van der Waals surface area contributed by atoms with E-state index < -0.39 is 0 Å². The number of fused-ring (bicyclic) bond motifs is 9. The monoisotopic (exact) mass is 533 g/mol. The third kappa shape index (κ3) is 2.84. The van der Waals surface area contributed by atoms with E-state index >= 15 is 0 Å². The van der Waals surface area contributed by atoms with E-state index in [2.05, 4.69) is 82.3 Å². The van der Waals surface area contributed by atoms with Crippen LogP contribution in [0, 0.1) is 0 Å². The van der Waals surface area contributed by atoms with Gasteiger partial charge in [-0.15, -0.1) is 0 Å². The summed E-state index contributed by atoms with van der Waals surface area (Å²) in [5.41, 5.74) is 5.82. The molecule has 9 aromatic rings. The summed E-state index contributed by atoms with van der Waals surface area (Å²) in [6, 6.07) is 39.5. The highest BCUT2D eigenvalue weighted by atomic mass is 32.1. The van der Waals surface area contributed by atoms with E-state index in [-0.39, 0.29) is 5.69 Å². The van der Waals surface area contributed by atoms with Crippen LogP contribution in [0.15, 0.2) is 120 Å². The first-order valence-corrected chi connectivity index (χ1v) is 13.9. The van der Waals surface area contributed by atoms with Crippen LogP contribution in [0.2, 0.25) is 0 Å². The fourth-order valence-electron chi connectivity index (χ4n) is 6.08. The van der Waals surface area contributed by atoms with E-state index in [1.165, 1.54) is 16.7 Å². The molecule has 0 aliphatic carbocycles. The molecule has 0 unspecified atom stereocenters. The molecule has 0 spiro atoms. The van der Waals surface area contributed by atoms with E-state index in [0.29, 0.717) is 10.9 Å². The Balaban J connectivity index is 1.43. The van der Waals surface area contributed by atoms with Crippen LogP contribution in [0.1, 0.15) is 0 Å². The Labute approximate surface area is 230 Å². The Kier molecular flexibility index (Phi) is 4.26. The molecule has 6 nitrogen and oxygen atoms in total. The van der Waals surface area contributed by atoms with Crippen molar-refractivity contribution in [3.63, 3.8) is 0 Å². The second-order valence-electron chi connectivity index (χ2n) is 9.92. The second kappa shape index (κ2) is 7.88. The average molecular weight is 534 g/mol. The highest BCUT2D eigenvalue weighted by Gasteiger charge is 2.20. The molecule has 40 heavy (non-hydrogen) atoms. The van der Waals surface area contributed by atoms with E-state index in [9.17, 15) is 4.79 Å². The zero-order valence-electron chi connectivity index (χ0n) is 21.0. The average Bonchev–Trinajstić information content (AvgIpc) is 3.64. The van der Waals surface area contributed by atoms with Gasteiger partial charge in [-0.1, -0.05) is 78.1 Å². The van der Waals surface area contributed by atoms with Gasteiger partial charge in [0.15, 0.2) is 0 Å². The highest BCUT2D eigenvalue weighted by molar-refractivity contribution is 7.23. The van der Waals surface area contributed by atoms with Gasteiger partial charge in [0.25, 0.3) is 0 Å². The molecule has 0 N–H and O–H groups in total. The fourth-order valence-corrected chi connectivity index (χ4v) is 7.08. The van der Waals surface area contributed by atoms with Gasteiger partial charge in [0.1, 0.15) is 0 Å². The first-order chi connectivity index (χ1) is 19.8. The van der Waals surface area contributed by atoms with Gasteiger partial charge < -0.3 is 4.57 Å². The second-order valence-corrected chi connectivity index (χ2v) is 10.9. The van der Waals surface area contributed by atoms with Crippen LogP contribution in [0.4, 0.5) is 0 Å². The van der Waals surface area contributed by atoms with E-state index in [0.717, 1.165) is 54.1 Å². The summed E-state index contributed by atoms with van der Waals surface area (Å²) >= 11 is 1.50. The number of rotatable bonds is 2. The number of para-hydroxylation sites is 4. The predicted molar refractivity (Wildman–Crippen MR) is 163 cm³/mol. The van der Waals surface area contributed by atoms with E-state index in [1.54, 1.807) is 4.40 Å². The van der Waals surface area contributed by atoms with Gasteiger partial charge >= 0.3 is 5.69 Å². The number of thiazole rings is 1. The Morgan fingerprint density at radius 1 is 0.525 bits per heavy atom. The predicted octanol–water partition coefficient (Wildman–Crippen LogP) is 7.50. The molecule has 0 radical (unpaired) electrons. The van der Waals surface area contributed by atoms with E-state index in [4.69, 9.17) is 4.98 Å². The molecule has 0 aliphatic heterocycles. The van der Waals surface area contributed by atoms with Crippen molar-refractivity contribution in [1.29, 1.82) is 0 Å². The maximum Gasteiger partial charge on any atom is 0.357 e. The zero-order valence-corrected chi connectivity index (χ0v) is 21.8. The van der Waals surface area contributed by atoms with Gasteiger partial charge in [0.2, 0.25) is 10.9 Å². The van der Waals surface area contributed by atoms with Crippen molar-refractivity contribution >= 4 is 70.1 Å². The molecule has 4 heterocycles. The number of nitrogens with zero attached hydrogens (tertiary/aromatic N) is 5. The molecule has 0 saturated carbocycles. The van der Waals surface area contributed by atoms with Gasteiger partial charge in [-0.2, -0.15) is 9.97 Å². The fraction of sp³-hybridized carbons (Fsp3) is 0. The minimum Gasteiger partial charge on any atom is -0.309 e. The Morgan fingerprint density at radius 3 is 1.82 bits per heavy atom. The van der Waals surface area contributed by atoms with Crippen molar-refractivity contribution in [2.45, 2.75) is 0 Å². The minimum atomic E-state index is -0.329. The zero-order chi connectivity index (χ0) is 26.4. The first kappa shape index (κ1) is 21.6. The lowest BCUT2D eigenvalue weighted by Crippen LogP contribution is -2.20. The van der Waals surface area contributed by atoms with Gasteiger partial charge in [-0.05, 0) is 48.5 Å². The number of hydrogen-bond donors (Lipinski definition) is 0. The van der Waals surface area contributed by atoms with Crippen molar-refractivity contribution in [3.8, 4) is 11.6 Å². The maximum atomic E-state index is 13.4. The van der Waals surface area contributed by atoms with E-state index in [1.807, 2.05) is 47.0 Å². The third-order valence-electron chi connectivity index (χ3n) is 7.76. The lowest BCUT2D eigenvalue weighted by Gasteiger charge is -2.08. The molecule has 0 atom stereocenters. The Hall–Kier alpha value is -5.27. The first-order valence-electron chi connectivity index (χ1n) is 13.1. The molecule has 0 saturated heterocycles. The van der Waals surface area contributed by atoms with Crippen LogP contribution in [-0.2, 0) is 0 Å². The van der Waals surface area contributed by atoms with Crippen molar-refractivity contribution in [2.75, 3.05) is 0 Å². The van der Waals surface area contributed by atoms with Crippen molar-refractivity contribution in [2.24, 2.45) is 0 Å². The van der Waals surface area contributed by atoms with Crippen molar-refractivity contribution in [1.82, 2.24) is 23.5 Å². The lowest BCUT2D eigenvalue weighted by atomic mass is 10.1. The van der Waals surface area contributed by atoms with Gasteiger partial charge in [-0.25, -0.2) is 9.20 Å². The summed E-state index contributed by atoms with van der Waals surface area (Å²) < 4.78 is 6.96. The van der Waals surface area contributed by atoms with Crippen LogP contribution in [0.5, 0.6) is 0 Å². The summed E-state index contributed by atoms with van der Waals surface area (Å²) in [6.07, 6.45) is 0. The highest BCUT2D eigenvalue weighted by Crippen LogP contribution is 2.39. The third-order valence-corrected chi connectivity index (χ3v) is 8.78. The topological polar surface area (TPSA) is 57.1 Å². The van der Waals surface area contributed by atoms with Crippen LogP contribution in [0.25, 0.3) is 70.4 Å². The molecule has 0 bridgehead atoms. The Morgan fingerprint density at radius 2 is 1.10 bits per heavy atom. The summed E-state index contributed by atoms with van der Waals surface area (Å²) in [5.74, 6) is 0.383. The van der Waals surface area contributed by atoms with Crippen LogP contribution < -0.4 is 5.69 Å². The summed E-state index contributed by atoms with van der Waals surface area (Å²) in [5, 5.41) is 4.48. The largest absolute Gasteiger partial charge is 0.357 e. The quantitative estimate of drug-likeness (QED) is 0.231. The smallest absolute Gasteiger partial charge is 0.309 e. The molecule has 0 amide bonds. The molecule has 0 fully saturated rings. The van der Waals surface area contributed by atoms with Gasteiger partial charge in [-0.3, -0.25) is 4.57 Å². The molecular formula is C33H19N5OS. The SMILES string of the molecule is O=c1nc(-n2c3ccccc3c3cc4c(cc32)c2ccccc2n4-c2ccccc2)nc2sc3ccccc3n12. The van der Waals surface area contributed by atoms with Gasteiger partial charge in [0, 0.05) is 27.2 Å². The normalized spacial score (nSPS) is 12.1. The molecule has 5 aromatic carbocycles. The van der Waals surface area contributed by atoms with Gasteiger partial charge in [0.05, 0.1) is 32.3 Å². The maximum absolute atomic E-state index is 13.4. The van der Waals surface area contributed by atoms with Crippen molar-refractivity contribution < 1.29 is 0 Å². The van der Waals surface area contributed by atoms with Crippen molar-refractivity contribution in [3.05, 3.63) is 126 Å². The number of hydrogen-bond acceptors (Lipinski definition) is 4. The minimum absolute atomic E-state index is 0.329. The molecular weight excluding hydrogens is 514 g/mol. The lowest BCUT2D eigenvalue weighted by molar-refractivity contribution is 0.912. The molecule has 4 aromatic heterocycles.